The van der Waals surface area contributed by atoms with Gasteiger partial charge in [-0.2, -0.15) is 0 Å². The van der Waals surface area contributed by atoms with Crippen molar-refractivity contribution >= 4 is 5.91 Å². The zero-order valence-electron chi connectivity index (χ0n) is 11.1. The third kappa shape index (κ3) is 2.04. The van der Waals surface area contributed by atoms with Crippen LogP contribution in [0.4, 0.5) is 0 Å². The molecule has 0 radical (unpaired) electrons. The number of carbonyl (C=O) groups excluding carboxylic acids is 1. The summed E-state index contributed by atoms with van der Waals surface area (Å²) in [7, 11) is 3.23. The number of methoxy groups -OCH3 is 2. The summed E-state index contributed by atoms with van der Waals surface area (Å²) in [5, 5.41) is 2.88. The number of benzene rings is 1. The molecule has 2 atom stereocenters. The molecule has 0 unspecified atom stereocenters. The van der Waals surface area contributed by atoms with Crippen molar-refractivity contribution in [3.63, 3.8) is 0 Å². The maximum absolute atomic E-state index is 11.8. The molecule has 1 amide bonds. The first kappa shape index (κ1) is 12.3. The first-order valence-electron chi connectivity index (χ1n) is 6.41. The molecule has 3 rings (SSSR count). The standard InChI is InChI=1S/C14H17NO4/c1-17-11-5-8-6-13-14(16)15-4-3-10(19-13)9(8)7-12(11)18-2/h5,7,10,13H,3-4,6H2,1-2H3,(H,15,16)/t10-,13-/m0/s1. The Kier molecular flexibility index (Phi) is 3.06. The zero-order chi connectivity index (χ0) is 13.4. The highest BCUT2D eigenvalue weighted by molar-refractivity contribution is 5.81. The Labute approximate surface area is 111 Å². The number of nitrogens with one attached hydrogen (secondary N) is 1. The molecule has 2 aliphatic heterocycles. The van der Waals surface area contributed by atoms with Crippen molar-refractivity contribution in [3.05, 3.63) is 23.3 Å². The minimum Gasteiger partial charge on any atom is -0.493 e. The number of carbonyl (C=O) groups is 1. The molecular formula is C14H17NO4. The van der Waals surface area contributed by atoms with Gasteiger partial charge in [0.15, 0.2) is 11.5 Å². The second kappa shape index (κ2) is 4.74. The summed E-state index contributed by atoms with van der Waals surface area (Å²) in [5.41, 5.74) is 2.21. The van der Waals surface area contributed by atoms with Crippen LogP contribution in [0.2, 0.25) is 0 Å². The fraction of sp³-hybridized carbons (Fsp3) is 0.500. The lowest BCUT2D eigenvalue weighted by Crippen LogP contribution is -2.37. The number of hydrogen-bond donors (Lipinski definition) is 1. The molecule has 0 aromatic heterocycles. The molecule has 0 aliphatic carbocycles. The fourth-order valence-electron chi connectivity index (χ4n) is 2.75. The van der Waals surface area contributed by atoms with Crippen molar-refractivity contribution in [3.8, 4) is 11.5 Å². The topological polar surface area (TPSA) is 56.8 Å². The summed E-state index contributed by atoms with van der Waals surface area (Å²) < 4.78 is 16.5. The Balaban J connectivity index is 2.06. The molecule has 5 heteroatoms. The lowest BCUT2D eigenvalue weighted by Gasteiger charge is -2.29. The van der Waals surface area contributed by atoms with E-state index in [1.54, 1.807) is 14.2 Å². The minimum atomic E-state index is -0.391. The van der Waals surface area contributed by atoms with Crippen LogP contribution in [0.5, 0.6) is 11.5 Å². The molecule has 1 fully saturated rings. The van der Waals surface area contributed by atoms with Gasteiger partial charge < -0.3 is 19.5 Å². The average molecular weight is 263 g/mol. The van der Waals surface area contributed by atoms with Crippen molar-refractivity contribution in [1.82, 2.24) is 5.32 Å². The highest BCUT2D eigenvalue weighted by Gasteiger charge is 2.35. The van der Waals surface area contributed by atoms with Crippen LogP contribution in [0.3, 0.4) is 0 Å². The first-order chi connectivity index (χ1) is 9.22. The van der Waals surface area contributed by atoms with Gasteiger partial charge in [-0.15, -0.1) is 0 Å². The Hall–Kier alpha value is -1.75. The molecule has 5 nitrogen and oxygen atoms in total. The lowest BCUT2D eigenvalue weighted by molar-refractivity contribution is -0.135. The molecule has 1 aromatic carbocycles. The molecule has 19 heavy (non-hydrogen) atoms. The molecule has 1 saturated heterocycles. The van der Waals surface area contributed by atoms with E-state index in [9.17, 15) is 4.79 Å². The molecule has 2 heterocycles. The van der Waals surface area contributed by atoms with Crippen LogP contribution in [-0.4, -0.2) is 32.8 Å². The third-order valence-corrected chi connectivity index (χ3v) is 3.72. The smallest absolute Gasteiger partial charge is 0.249 e. The number of hydrogen-bond acceptors (Lipinski definition) is 4. The summed E-state index contributed by atoms with van der Waals surface area (Å²) in [4.78, 5) is 11.8. The van der Waals surface area contributed by atoms with E-state index in [0.717, 1.165) is 17.5 Å². The predicted molar refractivity (Wildman–Crippen MR) is 68.5 cm³/mol. The van der Waals surface area contributed by atoms with Crippen LogP contribution in [-0.2, 0) is 16.0 Å². The molecular weight excluding hydrogens is 246 g/mol. The van der Waals surface area contributed by atoms with Gasteiger partial charge >= 0.3 is 0 Å². The Morgan fingerprint density at radius 2 is 1.95 bits per heavy atom. The van der Waals surface area contributed by atoms with E-state index in [4.69, 9.17) is 14.2 Å². The molecule has 0 spiro atoms. The van der Waals surface area contributed by atoms with Gasteiger partial charge in [0.25, 0.3) is 0 Å². The van der Waals surface area contributed by atoms with Crippen molar-refractivity contribution in [2.24, 2.45) is 0 Å². The molecule has 2 aliphatic rings. The fourth-order valence-corrected chi connectivity index (χ4v) is 2.75. The van der Waals surface area contributed by atoms with E-state index in [1.807, 2.05) is 12.1 Å². The van der Waals surface area contributed by atoms with E-state index < -0.39 is 6.10 Å². The van der Waals surface area contributed by atoms with Crippen LogP contribution in [0, 0.1) is 0 Å². The van der Waals surface area contributed by atoms with E-state index in [2.05, 4.69) is 5.32 Å². The highest BCUT2D eigenvalue weighted by atomic mass is 16.5. The number of rotatable bonds is 2. The SMILES string of the molecule is COc1cc2c(cc1OC)[C@@H]1CCNC(=O)[C@H](C2)O1. The monoisotopic (exact) mass is 263 g/mol. The summed E-state index contributed by atoms with van der Waals surface area (Å²) in [6, 6.07) is 3.92. The summed E-state index contributed by atoms with van der Waals surface area (Å²) in [6.07, 6.45) is 0.925. The second-order valence-corrected chi connectivity index (χ2v) is 4.80. The Bertz CT molecular complexity index is 514. The van der Waals surface area contributed by atoms with Gasteiger partial charge in [0.2, 0.25) is 5.91 Å². The molecule has 1 N–H and O–H groups in total. The van der Waals surface area contributed by atoms with Crippen molar-refractivity contribution < 1.29 is 19.0 Å². The van der Waals surface area contributed by atoms with Crippen LogP contribution >= 0.6 is 0 Å². The van der Waals surface area contributed by atoms with Gasteiger partial charge in [-0.25, -0.2) is 0 Å². The molecule has 1 aromatic rings. The second-order valence-electron chi connectivity index (χ2n) is 4.80. The van der Waals surface area contributed by atoms with Crippen molar-refractivity contribution in [1.29, 1.82) is 0 Å². The molecule has 102 valence electrons. The van der Waals surface area contributed by atoms with Crippen molar-refractivity contribution in [2.45, 2.75) is 25.0 Å². The van der Waals surface area contributed by atoms with Gasteiger partial charge in [0.05, 0.1) is 20.3 Å². The Morgan fingerprint density at radius 3 is 2.68 bits per heavy atom. The van der Waals surface area contributed by atoms with E-state index >= 15 is 0 Å². The third-order valence-electron chi connectivity index (χ3n) is 3.72. The Morgan fingerprint density at radius 1 is 1.21 bits per heavy atom. The van der Waals surface area contributed by atoms with Crippen LogP contribution in [0.15, 0.2) is 12.1 Å². The van der Waals surface area contributed by atoms with Crippen LogP contribution in [0.1, 0.15) is 23.7 Å². The lowest BCUT2D eigenvalue weighted by atomic mass is 9.92. The van der Waals surface area contributed by atoms with Gasteiger partial charge in [0, 0.05) is 13.0 Å². The van der Waals surface area contributed by atoms with Crippen LogP contribution < -0.4 is 14.8 Å². The quantitative estimate of drug-likeness (QED) is 0.871. The number of amides is 1. The van der Waals surface area contributed by atoms with Gasteiger partial charge in [-0.3, -0.25) is 4.79 Å². The normalized spacial score (nSPS) is 25.1. The molecule has 0 saturated carbocycles. The summed E-state index contributed by atoms with van der Waals surface area (Å²) in [5.74, 6) is 1.37. The average Bonchev–Trinajstić information content (AvgIpc) is 2.58. The zero-order valence-corrected chi connectivity index (χ0v) is 11.1. The van der Waals surface area contributed by atoms with Gasteiger partial charge in [0.1, 0.15) is 6.10 Å². The van der Waals surface area contributed by atoms with E-state index in [-0.39, 0.29) is 12.0 Å². The largest absolute Gasteiger partial charge is 0.493 e. The van der Waals surface area contributed by atoms with E-state index in [1.165, 1.54) is 0 Å². The maximum Gasteiger partial charge on any atom is 0.249 e. The van der Waals surface area contributed by atoms with Gasteiger partial charge in [-0.05, 0) is 29.7 Å². The number of ether oxygens (including phenoxy) is 3. The maximum atomic E-state index is 11.8. The van der Waals surface area contributed by atoms with Gasteiger partial charge in [-0.1, -0.05) is 0 Å². The minimum absolute atomic E-state index is 0.0251. The highest BCUT2D eigenvalue weighted by Crippen LogP contribution is 2.40. The predicted octanol–water partition coefficient (Wildman–Crippen LogP) is 1.21. The number of fused-ring (bicyclic) bond motifs is 4. The van der Waals surface area contributed by atoms with E-state index in [0.29, 0.717) is 24.5 Å². The summed E-state index contributed by atoms with van der Waals surface area (Å²) >= 11 is 0. The summed E-state index contributed by atoms with van der Waals surface area (Å²) in [6.45, 7) is 0.647. The molecule has 2 bridgehead atoms. The van der Waals surface area contributed by atoms with Crippen LogP contribution in [0.25, 0.3) is 0 Å². The van der Waals surface area contributed by atoms with Crippen molar-refractivity contribution in [2.75, 3.05) is 20.8 Å². The first-order valence-corrected chi connectivity index (χ1v) is 6.41.